The van der Waals surface area contributed by atoms with Crippen LogP contribution in [0.1, 0.15) is 22.3 Å². The second kappa shape index (κ2) is 6.48. The third kappa shape index (κ3) is 2.91. The number of carbonyl (C=O) groups excluding carboxylic acids is 2. The van der Waals surface area contributed by atoms with Crippen molar-refractivity contribution in [1.29, 1.82) is 0 Å². The number of fused-ring (bicyclic) bond motifs is 1. The molecule has 1 aromatic heterocycles. The minimum absolute atomic E-state index is 0.286. The van der Waals surface area contributed by atoms with E-state index >= 15 is 0 Å². The van der Waals surface area contributed by atoms with Gasteiger partial charge in [-0.2, -0.15) is 0 Å². The molecule has 0 fully saturated rings. The molecule has 5 nitrogen and oxygen atoms in total. The zero-order valence-corrected chi connectivity index (χ0v) is 16.2. The average molecular weight is 425 g/mol. The molecule has 0 saturated carbocycles. The molecule has 1 aliphatic heterocycles. The molecular weight excluding hydrogens is 408 g/mol. The summed E-state index contributed by atoms with van der Waals surface area (Å²) in [6, 6.07) is 16.2. The number of rotatable bonds is 4. The average Bonchev–Trinajstić information content (AvgIpc) is 3.26. The van der Waals surface area contributed by atoms with Crippen LogP contribution in [0.3, 0.4) is 0 Å². The van der Waals surface area contributed by atoms with Crippen LogP contribution in [0.5, 0.6) is 0 Å². The molecule has 0 spiro atoms. The van der Waals surface area contributed by atoms with Gasteiger partial charge in [0, 0.05) is 40.7 Å². The van der Waals surface area contributed by atoms with Crippen LogP contribution in [0.25, 0.3) is 5.69 Å². The summed E-state index contributed by atoms with van der Waals surface area (Å²) < 4.78 is 2.68. The Balaban J connectivity index is 1.63. The standard InChI is InChI=1S/C21H17BrN2O3/c1-23-18-9-6-15(22)12-17(18)21(27,20(23)26)13-19(25)14-4-7-16(8-5-14)24-10-2-3-11-24/h2-12,27H,13H2,1H3/t21-/m1/s1. The summed E-state index contributed by atoms with van der Waals surface area (Å²) in [6.45, 7) is 0. The van der Waals surface area contributed by atoms with E-state index in [-0.39, 0.29) is 12.2 Å². The molecule has 1 N–H and O–H groups in total. The Morgan fingerprint density at radius 3 is 2.44 bits per heavy atom. The number of ketones is 1. The summed E-state index contributed by atoms with van der Waals surface area (Å²) in [7, 11) is 1.60. The third-order valence-corrected chi connectivity index (χ3v) is 5.43. The zero-order chi connectivity index (χ0) is 19.2. The lowest BCUT2D eigenvalue weighted by Gasteiger charge is -2.21. The van der Waals surface area contributed by atoms with Crippen LogP contribution in [-0.4, -0.2) is 28.4 Å². The monoisotopic (exact) mass is 424 g/mol. The van der Waals surface area contributed by atoms with Crippen molar-refractivity contribution in [2.75, 3.05) is 11.9 Å². The molecule has 27 heavy (non-hydrogen) atoms. The number of Topliss-reactive ketones (excluding diaryl/α,β-unsaturated/α-hetero) is 1. The van der Waals surface area contributed by atoms with Gasteiger partial charge in [-0.05, 0) is 54.6 Å². The van der Waals surface area contributed by atoms with Crippen molar-refractivity contribution in [2.45, 2.75) is 12.0 Å². The summed E-state index contributed by atoms with van der Waals surface area (Å²) in [4.78, 5) is 26.9. The molecule has 1 atom stereocenters. The first-order valence-electron chi connectivity index (χ1n) is 8.47. The van der Waals surface area contributed by atoms with E-state index < -0.39 is 11.5 Å². The Kier molecular flexibility index (Phi) is 4.25. The van der Waals surface area contributed by atoms with E-state index in [1.165, 1.54) is 4.90 Å². The van der Waals surface area contributed by atoms with E-state index in [1.807, 2.05) is 41.2 Å². The topological polar surface area (TPSA) is 62.5 Å². The Bertz CT molecular complexity index is 1030. The second-order valence-electron chi connectivity index (χ2n) is 6.62. The molecule has 1 amide bonds. The van der Waals surface area contributed by atoms with Crippen LogP contribution in [0.2, 0.25) is 0 Å². The predicted molar refractivity (Wildman–Crippen MR) is 106 cm³/mol. The number of halogens is 1. The van der Waals surface area contributed by atoms with Gasteiger partial charge in [-0.1, -0.05) is 15.9 Å². The molecule has 0 saturated heterocycles. The quantitative estimate of drug-likeness (QED) is 0.649. The predicted octanol–water partition coefficient (Wildman–Crippen LogP) is 3.68. The SMILES string of the molecule is CN1C(=O)[C@@](O)(CC(=O)c2ccc(-n3cccc3)cc2)c2cc(Br)ccc21. The summed E-state index contributed by atoms with van der Waals surface area (Å²) in [5.41, 5.74) is 0.590. The van der Waals surface area contributed by atoms with E-state index in [9.17, 15) is 14.7 Å². The van der Waals surface area contributed by atoms with Crippen LogP contribution in [0.4, 0.5) is 5.69 Å². The van der Waals surface area contributed by atoms with Gasteiger partial charge in [0.2, 0.25) is 0 Å². The summed E-state index contributed by atoms with van der Waals surface area (Å²) in [5, 5.41) is 11.1. The van der Waals surface area contributed by atoms with Gasteiger partial charge < -0.3 is 14.6 Å². The van der Waals surface area contributed by atoms with Crippen molar-refractivity contribution in [1.82, 2.24) is 4.57 Å². The number of hydrogen-bond donors (Lipinski definition) is 1. The maximum atomic E-state index is 12.8. The molecule has 0 aliphatic carbocycles. The van der Waals surface area contributed by atoms with Gasteiger partial charge in [-0.15, -0.1) is 0 Å². The van der Waals surface area contributed by atoms with Crippen molar-refractivity contribution in [3.05, 3.63) is 82.6 Å². The largest absolute Gasteiger partial charge is 0.375 e. The smallest absolute Gasteiger partial charge is 0.263 e. The zero-order valence-electron chi connectivity index (χ0n) is 14.6. The van der Waals surface area contributed by atoms with Crippen LogP contribution < -0.4 is 4.90 Å². The number of carbonyl (C=O) groups is 2. The maximum absolute atomic E-state index is 12.8. The molecule has 0 radical (unpaired) electrons. The number of nitrogens with zero attached hydrogens (tertiary/aromatic N) is 2. The number of anilines is 1. The molecular formula is C21H17BrN2O3. The van der Waals surface area contributed by atoms with Gasteiger partial charge in [0.25, 0.3) is 5.91 Å². The Morgan fingerprint density at radius 1 is 1.11 bits per heavy atom. The fourth-order valence-corrected chi connectivity index (χ4v) is 3.83. The molecule has 4 rings (SSSR count). The number of hydrogen-bond acceptors (Lipinski definition) is 3. The number of likely N-dealkylation sites (N-methyl/N-ethyl adjacent to an activating group) is 1. The number of amides is 1. The van der Waals surface area contributed by atoms with E-state index in [4.69, 9.17) is 0 Å². The normalized spacial score (nSPS) is 18.6. The molecule has 2 heterocycles. The van der Waals surface area contributed by atoms with Gasteiger partial charge in [0.15, 0.2) is 11.4 Å². The van der Waals surface area contributed by atoms with Gasteiger partial charge in [0.05, 0.1) is 12.1 Å². The first-order chi connectivity index (χ1) is 12.9. The molecule has 6 heteroatoms. The highest BCUT2D eigenvalue weighted by Crippen LogP contribution is 2.43. The first-order valence-corrected chi connectivity index (χ1v) is 9.26. The van der Waals surface area contributed by atoms with Crippen LogP contribution >= 0.6 is 15.9 Å². The van der Waals surface area contributed by atoms with Crippen molar-refractivity contribution in [3.8, 4) is 5.69 Å². The number of aliphatic hydroxyl groups is 1. The van der Waals surface area contributed by atoms with Crippen LogP contribution in [-0.2, 0) is 10.4 Å². The van der Waals surface area contributed by atoms with Gasteiger partial charge >= 0.3 is 0 Å². The van der Waals surface area contributed by atoms with Crippen LogP contribution in [0, 0.1) is 0 Å². The van der Waals surface area contributed by atoms with E-state index in [0.717, 1.165) is 10.2 Å². The van der Waals surface area contributed by atoms with Gasteiger partial charge in [-0.25, -0.2) is 0 Å². The second-order valence-corrected chi connectivity index (χ2v) is 7.54. The minimum atomic E-state index is -1.86. The molecule has 0 unspecified atom stereocenters. The molecule has 2 aromatic carbocycles. The summed E-state index contributed by atoms with van der Waals surface area (Å²) in [5.74, 6) is -0.779. The lowest BCUT2D eigenvalue weighted by Crippen LogP contribution is -2.40. The summed E-state index contributed by atoms with van der Waals surface area (Å²) >= 11 is 3.37. The van der Waals surface area contributed by atoms with Crippen molar-refractivity contribution in [3.63, 3.8) is 0 Å². The van der Waals surface area contributed by atoms with E-state index in [0.29, 0.717) is 16.8 Å². The minimum Gasteiger partial charge on any atom is -0.375 e. The summed E-state index contributed by atoms with van der Waals surface area (Å²) in [6.07, 6.45) is 3.53. The molecule has 1 aliphatic rings. The Hall–Kier alpha value is -2.70. The fraction of sp³-hybridized carbons (Fsp3) is 0.143. The highest BCUT2D eigenvalue weighted by atomic mass is 79.9. The third-order valence-electron chi connectivity index (χ3n) is 4.93. The molecule has 136 valence electrons. The maximum Gasteiger partial charge on any atom is 0.263 e. The van der Waals surface area contributed by atoms with Gasteiger partial charge in [0.1, 0.15) is 0 Å². The Labute approximate surface area is 165 Å². The Morgan fingerprint density at radius 2 is 1.78 bits per heavy atom. The van der Waals surface area contributed by atoms with Crippen molar-refractivity contribution < 1.29 is 14.7 Å². The molecule has 0 bridgehead atoms. The fourth-order valence-electron chi connectivity index (χ4n) is 3.47. The van der Waals surface area contributed by atoms with Crippen LogP contribution in [0.15, 0.2) is 71.5 Å². The van der Waals surface area contributed by atoms with E-state index in [1.54, 1.807) is 37.4 Å². The first kappa shape index (κ1) is 17.7. The highest BCUT2D eigenvalue weighted by molar-refractivity contribution is 9.10. The number of aromatic nitrogens is 1. The van der Waals surface area contributed by atoms with Crippen molar-refractivity contribution >= 4 is 33.3 Å². The van der Waals surface area contributed by atoms with Gasteiger partial charge in [-0.3, -0.25) is 9.59 Å². The lowest BCUT2D eigenvalue weighted by molar-refractivity contribution is -0.135. The highest BCUT2D eigenvalue weighted by Gasteiger charge is 2.49. The van der Waals surface area contributed by atoms with Crippen molar-refractivity contribution in [2.24, 2.45) is 0 Å². The number of benzene rings is 2. The lowest BCUT2D eigenvalue weighted by atomic mass is 9.88. The van der Waals surface area contributed by atoms with E-state index in [2.05, 4.69) is 15.9 Å². The molecule has 3 aromatic rings.